The third-order valence-corrected chi connectivity index (χ3v) is 2.93. The Balaban J connectivity index is 2.01. The first-order chi connectivity index (χ1) is 6.45. The molecular weight excluding hydrogens is 162 g/mol. The van der Waals surface area contributed by atoms with E-state index in [-0.39, 0.29) is 0 Å². The average Bonchev–Trinajstić information content (AvgIpc) is 2.56. The fourth-order valence-electron chi connectivity index (χ4n) is 2.31. The van der Waals surface area contributed by atoms with Gasteiger partial charge in [0.05, 0.1) is 6.04 Å². The van der Waals surface area contributed by atoms with Gasteiger partial charge < -0.3 is 10.1 Å². The van der Waals surface area contributed by atoms with Gasteiger partial charge in [-0.3, -0.25) is 0 Å². The Hall–Kier alpha value is -1.02. The molecular formula is C11H13NO. The van der Waals surface area contributed by atoms with Gasteiger partial charge in [0.2, 0.25) is 0 Å². The van der Waals surface area contributed by atoms with E-state index < -0.39 is 0 Å². The van der Waals surface area contributed by atoms with Crippen LogP contribution in [0.3, 0.4) is 0 Å². The Kier molecular flexibility index (Phi) is 1.56. The van der Waals surface area contributed by atoms with E-state index in [9.17, 15) is 0 Å². The van der Waals surface area contributed by atoms with Crippen LogP contribution in [0, 0.1) is 0 Å². The van der Waals surface area contributed by atoms with Gasteiger partial charge >= 0.3 is 0 Å². The van der Waals surface area contributed by atoms with Crippen molar-refractivity contribution in [1.82, 2.24) is 0 Å². The number of hydrogen-bond donors (Lipinski definition) is 1. The summed E-state index contributed by atoms with van der Waals surface area (Å²) in [5.74, 6) is 0. The molecule has 2 atom stereocenters. The molecule has 0 amide bonds. The van der Waals surface area contributed by atoms with Crippen LogP contribution in [0.25, 0.3) is 0 Å². The molecule has 0 saturated carbocycles. The number of fused-ring (bicyclic) bond motifs is 3. The summed E-state index contributed by atoms with van der Waals surface area (Å²) in [6.07, 6.45) is 2.73. The standard InChI is InChI=1S/C11H13NO/c1-2-5-9-8(4-1)11-10(12-9)6-3-7-13-11/h1-2,4-5,10-12H,3,6-7H2. The lowest BCUT2D eigenvalue weighted by Crippen LogP contribution is -2.27. The minimum absolute atomic E-state index is 0.310. The smallest absolute Gasteiger partial charge is 0.105 e. The number of benzene rings is 1. The molecule has 0 spiro atoms. The van der Waals surface area contributed by atoms with E-state index in [0.29, 0.717) is 12.1 Å². The molecule has 0 bridgehead atoms. The van der Waals surface area contributed by atoms with Gasteiger partial charge in [-0.2, -0.15) is 0 Å². The molecule has 2 aliphatic heterocycles. The first-order valence-corrected chi connectivity index (χ1v) is 4.92. The minimum Gasteiger partial charge on any atom is -0.379 e. The Morgan fingerprint density at radius 1 is 1.31 bits per heavy atom. The summed E-state index contributed by atoms with van der Waals surface area (Å²) in [7, 11) is 0. The van der Waals surface area contributed by atoms with Crippen molar-refractivity contribution in [1.29, 1.82) is 0 Å². The Bertz CT molecular complexity index is 324. The van der Waals surface area contributed by atoms with Gasteiger partial charge in [0, 0.05) is 17.9 Å². The van der Waals surface area contributed by atoms with Crippen LogP contribution in [0.2, 0.25) is 0 Å². The van der Waals surface area contributed by atoms with Crippen LogP contribution in [0.1, 0.15) is 24.5 Å². The lowest BCUT2D eigenvalue weighted by atomic mass is 10.0. The summed E-state index contributed by atoms with van der Waals surface area (Å²) in [6.45, 7) is 0.914. The van der Waals surface area contributed by atoms with Crippen LogP contribution >= 0.6 is 0 Å². The Morgan fingerprint density at radius 2 is 2.23 bits per heavy atom. The van der Waals surface area contributed by atoms with Crippen LogP contribution in [0.15, 0.2) is 24.3 Å². The first-order valence-electron chi connectivity index (χ1n) is 4.92. The maximum Gasteiger partial charge on any atom is 0.105 e. The molecule has 1 aromatic carbocycles. The molecule has 2 aliphatic rings. The minimum atomic E-state index is 0.310. The second-order valence-electron chi connectivity index (χ2n) is 3.77. The highest BCUT2D eigenvalue weighted by Crippen LogP contribution is 2.40. The van der Waals surface area contributed by atoms with Crippen LogP contribution in [0.4, 0.5) is 5.69 Å². The van der Waals surface area contributed by atoms with Crippen molar-refractivity contribution in [2.24, 2.45) is 0 Å². The predicted octanol–water partition coefficient (Wildman–Crippen LogP) is 2.33. The quantitative estimate of drug-likeness (QED) is 0.653. The largest absolute Gasteiger partial charge is 0.379 e. The fourth-order valence-corrected chi connectivity index (χ4v) is 2.31. The summed E-state index contributed by atoms with van der Waals surface area (Å²) in [6, 6.07) is 8.98. The van der Waals surface area contributed by atoms with Crippen molar-refractivity contribution < 1.29 is 4.74 Å². The molecule has 2 unspecified atom stereocenters. The molecule has 68 valence electrons. The van der Waals surface area contributed by atoms with E-state index in [2.05, 4.69) is 29.6 Å². The number of anilines is 1. The van der Waals surface area contributed by atoms with Gasteiger partial charge in [-0.05, 0) is 18.9 Å². The first kappa shape index (κ1) is 7.39. The summed E-state index contributed by atoms with van der Waals surface area (Å²) in [5, 5.41) is 3.51. The zero-order chi connectivity index (χ0) is 8.67. The molecule has 1 aromatic rings. The number of nitrogens with one attached hydrogen (secondary N) is 1. The van der Waals surface area contributed by atoms with E-state index >= 15 is 0 Å². The molecule has 0 radical (unpaired) electrons. The van der Waals surface area contributed by atoms with Crippen molar-refractivity contribution in [3.05, 3.63) is 29.8 Å². The molecule has 1 N–H and O–H groups in total. The second-order valence-corrected chi connectivity index (χ2v) is 3.77. The average molecular weight is 175 g/mol. The van der Waals surface area contributed by atoms with Gasteiger partial charge in [0.15, 0.2) is 0 Å². The van der Waals surface area contributed by atoms with Crippen molar-refractivity contribution in [2.45, 2.75) is 25.0 Å². The predicted molar refractivity (Wildman–Crippen MR) is 51.8 cm³/mol. The van der Waals surface area contributed by atoms with Crippen molar-refractivity contribution in [3.8, 4) is 0 Å². The topological polar surface area (TPSA) is 21.3 Å². The number of rotatable bonds is 0. The molecule has 3 rings (SSSR count). The van der Waals surface area contributed by atoms with Crippen LogP contribution in [-0.4, -0.2) is 12.6 Å². The SMILES string of the molecule is c1ccc2c(c1)NC1CCCOC21. The molecule has 0 aliphatic carbocycles. The summed E-state index contributed by atoms with van der Waals surface area (Å²) in [5.41, 5.74) is 2.60. The van der Waals surface area contributed by atoms with Gasteiger partial charge in [0.1, 0.15) is 6.10 Å². The van der Waals surface area contributed by atoms with Gasteiger partial charge in [0.25, 0.3) is 0 Å². The zero-order valence-electron chi connectivity index (χ0n) is 7.49. The highest BCUT2D eigenvalue weighted by molar-refractivity contribution is 5.58. The molecule has 2 heteroatoms. The third kappa shape index (κ3) is 1.05. The highest BCUT2D eigenvalue weighted by atomic mass is 16.5. The maximum absolute atomic E-state index is 5.77. The molecule has 2 nitrogen and oxygen atoms in total. The molecule has 1 fully saturated rings. The van der Waals surface area contributed by atoms with Crippen molar-refractivity contribution in [3.63, 3.8) is 0 Å². The van der Waals surface area contributed by atoms with E-state index in [1.54, 1.807) is 0 Å². The van der Waals surface area contributed by atoms with Crippen LogP contribution < -0.4 is 5.32 Å². The third-order valence-electron chi connectivity index (χ3n) is 2.93. The van der Waals surface area contributed by atoms with Gasteiger partial charge in [-0.15, -0.1) is 0 Å². The number of ether oxygens (including phenoxy) is 1. The number of hydrogen-bond acceptors (Lipinski definition) is 2. The highest BCUT2D eigenvalue weighted by Gasteiger charge is 2.34. The number of para-hydroxylation sites is 1. The summed E-state index contributed by atoms with van der Waals surface area (Å²) < 4.78 is 5.77. The van der Waals surface area contributed by atoms with Gasteiger partial charge in [-0.25, -0.2) is 0 Å². The van der Waals surface area contributed by atoms with E-state index in [4.69, 9.17) is 4.74 Å². The monoisotopic (exact) mass is 175 g/mol. The van der Waals surface area contributed by atoms with Crippen molar-refractivity contribution in [2.75, 3.05) is 11.9 Å². The Labute approximate surface area is 77.9 Å². The molecule has 2 heterocycles. The van der Waals surface area contributed by atoms with Crippen LogP contribution in [-0.2, 0) is 4.74 Å². The normalized spacial score (nSPS) is 30.5. The van der Waals surface area contributed by atoms with E-state index in [1.165, 1.54) is 24.1 Å². The fraction of sp³-hybridized carbons (Fsp3) is 0.455. The van der Waals surface area contributed by atoms with E-state index in [0.717, 1.165) is 6.61 Å². The van der Waals surface area contributed by atoms with Crippen LogP contribution in [0.5, 0.6) is 0 Å². The molecule has 1 saturated heterocycles. The zero-order valence-corrected chi connectivity index (χ0v) is 7.49. The lowest BCUT2D eigenvalue weighted by Gasteiger charge is -2.25. The maximum atomic E-state index is 5.77. The summed E-state index contributed by atoms with van der Waals surface area (Å²) in [4.78, 5) is 0. The molecule has 0 aromatic heterocycles. The van der Waals surface area contributed by atoms with Gasteiger partial charge in [-0.1, -0.05) is 18.2 Å². The van der Waals surface area contributed by atoms with Crippen molar-refractivity contribution >= 4 is 5.69 Å². The lowest BCUT2D eigenvalue weighted by molar-refractivity contribution is 0.0119. The Morgan fingerprint density at radius 3 is 3.23 bits per heavy atom. The summed E-state index contributed by atoms with van der Waals surface area (Å²) >= 11 is 0. The van der Waals surface area contributed by atoms with E-state index in [1.807, 2.05) is 0 Å². The second kappa shape index (κ2) is 2.74. The molecule has 13 heavy (non-hydrogen) atoms.